The van der Waals surface area contributed by atoms with Crippen LogP contribution in [0.4, 0.5) is 0 Å². The Labute approximate surface area is 186 Å². The number of carbonyl (C=O) groups is 1. The van der Waals surface area contributed by atoms with E-state index in [2.05, 4.69) is 5.32 Å². The van der Waals surface area contributed by atoms with Gasteiger partial charge in [0.2, 0.25) is 5.91 Å². The standard InChI is InChI=1S/C24H22Cl3NO/c1-16(28-24(29)15-18-4-10-21(26)11-5-18)23(19-6-12-22(27)13-7-19)14-17-2-8-20(25)9-3-17/h2-13,16,23H,14-15H2,1H3,(H,28,29). The second-order valence-corrected chi connectivity index (χ2v) is 8.46. The van der Waals surface area contributed by atoms with Crippen LogP contribution in [0.3, 0.4) is 0 Å². The molecule has 2 unspecified atom stereocenters. The number of amides is 1. The highest BCUT2D eigenvalue weighted by molar-refractivity contribution is 6.31. The second-order valence-electron chi connectivity index (χ2n) is 7.15. The predicted octanol–water partition coefficient (Wildman–Crippen LogP) is 6.72. The maximum absolute atomic E-state index is 12.6. The van der Waals surface area contributed by atoms with Gasteiger partial charge in [0.1, 0.15) is 0 Å². The lowest BCUT2D eigenvalue weighted by Crippen LogP contribution is -2.38. The molecule has 150 valence electrons. The number of benzene rings is 3. The Bertz CT molecular complexity index is 937. The van der Waals surface area contributed by atoms with Gasteiger partial charge in [0, 0.05) is 27.0 Å². The molecule has 0 aromatic heterocycles. The molecule has 0 radical (unpaired) electrons. The molecule has 29 heavy (non-hydrogen) atoms. The van der Waals surface area contributed by atoms with Crippen LogP contribution in [-0.4, -0.2) is 11.9 Å². The van der Waals surface area contributed by atoms with Crippen molar-refractivity contribution in [2.75, 3.05) is 0 Å². The normalized spacial score (nSPS) is 13.0. The SMILES string of the molecule is CC(NC(=O)Cc1ccc(Cl)cc1)C(Cc1ccc(Cl)cc1)c1ccc(Cl)cc1. The molecular weight excluding hydrogens is 425 g/mol. The Kier molecular flexibility index (Phi) is 7.60. The van der Waals surface area contributed by atoms with Crippen LogP contribution < -0.4 is 5.32 Å². The summed E-state index contributed by atoms with van der Waals surface area (Å²) in [7, 11) is 0. The van der Waals surface area contributed by atoms with Crippen LogP contribution in [0.2, 0.25) is 15.1 Å². The van der Waals surface area contributed by atoms with Gasteiger partial charge in [-0.3, -0.25) is 4.79 Å². The van der Waals surface area contributed by atoms with Crippen molar-refractivity contribution in [3.8, 4) is 0 Å². The number of rotatable bonds is 7. The van der Waals surface area contributed by atoms with Gasteiger partial charge in [0.25, 0.3) is 0 Å². The van der Waals surface area contributed by atoms with Crippen LogP contribution in [0.15, 0.2) is 72.8 Å². The van der Waals surface area contributed by atoms with Crippen molar-refractivity contribution in [3.63, 3.8) is 0 Å². The van der Waals surface area contributed by atoms with Crippen molar-refractivity contribution in [2.45, 2.75) is 31.7 Å². The molecule has 0 fully saturated rings. The largest absolute Gasteiger partial charge is 0.353 e. The third-order valence-corrected chi connectivity index (χ3v) is 5.69. The smallest absolute Gasteiger partial charge is 0.224 e. The average molecular weight is 447 g/mol. The molecule has 0 heterocycles. The molecule has 3 aromatic carbocycles. The molecule has 2 atom stereocenters. The van der Waals surface area contributed by atoms with Gasteiger partial charge >= 0.3 is 0 Å². The summed E-state index contributed by atoms with van der Waals surface area (Å²) in [5, 5.41) is 5.22. The molecule has 0 saturated carbocycles. The highest BCUT2D eigenvalue weighted by Crippen LogP contribution is 2.27. The van der Waals surface area contributed by atoms with Crippen LogP contribution in [0.5, 0.6) is 0 Å². The van der Waals surface area contributed by atoms with E-state index in [1.807, 2.05) is 67.6 Å². The number of halogens is 3. The molecule has 0 aliphatic rings. The monoisotopic (exact) mass is 445 g/mol. The zero-order valence-electron chi connectivity index (χ0n) is 16.0. The Hall–Kier alpha value is -2.00. The fourth-order valence-electron chi connectivity index (χ4n) is 3.36. The van der Waals surface area contributed by atoms with Gasteiger partial charge in [-0.05, 0) is 66.4 Å². The lowest BCUT2D eigenvalue weighted by Gasteiger charge is -2.26. The summed E-state index contributed by atoms with van der Waals surface area (Å²) in [6.45, 7) is 2.04. The minimum Gasteiger partial charge on any atom is -0.353 e. The zero-order valence-corrected chi connectivity index (χ0v) is 18.3. The average Bonchev–Trinajstić information content (AvgIpc) is 2.70. The molecule has 0 spiro atoms. The topological polar surface area (TPSA) is 29.1 Å². The lowest BCUT2D eigenvalue weighted by molar-refractivity contribution is -0.121. The minimum atomic E-state index is -0.0633. The molecule has 1 N–H and O–H groups in total. The quantitative estimate of drug-likeness (QED) is 0.429. The van der Waals surface area contributed by atoms with Crippen LogP contribution >= 0.6 is 34.8 Å². The van der Waals surface area contributed by atoms with Gasteiger partial charge < -0.3 is 5.32 Å². The molecule has 0 aliphatic carbocycles. The number of hydrogen-bond donors (Lipinski definition) is 1. The molecule has 5 heteroatoms. The second kappa shape index (κ2) is 10.2. The van der Waals surface area contributed by atoms with Crippen molar-refractivity contribution < 1.29 is 4.79 Å². The predicted molar refractivity (Wildman–Crippen MR) is 122 cm³/mol. The molecule has 3 rings (SSSR count). The Morgan fingerprint density at radius 1 is 0.759 bits per heavy atom. The molecule has 0 saturated heterocycles. The van der Waals surface area contributed by atoms with Gasteiger partial charge in [-0.2, -0.15) is 0 Å². The lowest BCUT2D eigenvalue weighted by atomic mass is 9.86. The summed E-state index contributed by atoms with van der Waals surface area (Å²) in [4.78, 5) is 12.6. The Morgan fingerprint density at radius 3 is 1.72 bits per heavy atom. The summed E-state index contributed by atoms with van der Waals surface area (Å²) >= 11 is 18.0. The first kappa shape index (κ1) is 21.7. The molecular formula is C24H22Cl3NO. The highest BCUT2D eigenvalue weighted by atomic mass is 35.5. The van der Waals surface area contributed by atoms with E-state index in [0.717, 1.165) is 23.1 Å². The van der Waals surface area contributed by atoms with E-state index in [9.17, 15) is 4.79 Å². The third kappa shape index (κ3) is 6.50. The number of hydrogen-bond acceptors (Lipinski definition) is 1. The van der Waals surface area contributed by atoms with Crippen molar-refractivity contribution in [1.29, 1.82) is 0 Å². The van der Waals surface area contributed by atoms with E-state index in [0.29, 0.717) is 21.5 Å². The number of carbonyl (C=O) groups excluding carboxylic acids is 1. The summed E-state index contributed by atoms with van der Waals surface area (Å²) < 4.78 is 0. The summed E-state index contributed by atoms with van der Waals surface area (Å²) in [5.41, 5.74) is 3.22. The summed E-state index contributed by atoms with van der Waals surface area (Å²) in [6.07, 6.45) is 1.09. The van der Waals surface area contributed by atoms with Gasteiger partial charge in [-0.15, -0.1) is 0 Å². The fraction of sp³-hybridized carbons (Fsp3) is 0.208. The van der Waals surface area contributed by atoms with E-state index >= 15 is 0 Å². The fourth-order valence-corrected chi connectivity index (χ4v) is 3.74. The van der Waals surface area contributed by atoms with Crippen molar-refractivity contribution in [3.05, 3.63) is 105 Å². The van der Waals surface area contributed by atoms with E-state index < -0.39 is 0 Å². The first-order chi connectivity index (χ1) is 13.9. The van der Waals surface area contributed by atoms with Gasteiger partial charge in [-0.1, -0.05) is 71.2 Å². The molecule has 2 nitrogen and oxygen atoms in total. The first-order valence-electron chi connectivity index (χ1n) is 9.44. The van der Waals surface area contributed by atoms with E-state index in [-0.39, 0.29) is 17.9 Å². The maximum Gasteiger partial charge on any atom is 0.224 e. The van der Waals surface area contributed by atoms with Gasteiger partial charge in [-0.25, -0.2) is 0 Å². The van der Waals surface area contributed by atoms with E-state index in [1.54, 1.807) is 12.1 Å². The first-order valence-corrected chi connectivity index (χ1v) is 10.6. The summed E-state index contributed by atoms with van der Waals surface area (Å²) in [5.74, 6) is 0.0810. The van der Waals surface area contributed by atoms with E-state index in [4.69, 9.17) is 34.8 Å². The van der Waals surface area contributed by atoms with E-state index in [1.165, 1.54) is 0 Å². The van der Waals surface area contributed by atoms with Crippen molar-refractivity contribution in [1.82, 2.24) is 5.32 Å². The van der Waals surface area contributed by atoms with Crippen LogP contribution in [0, 0.1) is 0 Å². The molecule has 0 aliphatic heterocycles. The van der Waals surface area contributed by atoms with Crippen molar-refractivity contribution in [2.24, 2.45) is 0 Å². The summed E-state index contributed by atoms with van der Waals surface area (Å²) in [6, 6.07) is 22.9. The van der Waals surface area contributed by atoms with Crippen LogP contribution in [0.25, 0.3) is 0 Å². The minimum absolute atomic E-state index is 0.0186. The molecule has 0 bridgehead atoms. The Balaban J connectivity index is 1.74. The number of nitrogens with one attached hydrogen (secondary N) is 1. The van der Waals surface area contributed by atoms with Gasteiger partial charge in [0.15, 0.2) is 0 Å². The third-order valence-electron chi connectivity index (χ3n) is 4.94. The van der Waals surface area contributed by atoms with Gasteiger partial charge in [0.05, 0.1) is 6.42 Å². The maximum atomic E-state index is 12.6. The molecule has 3 aromatic rings. The van der Waals surface area contributed by atoms with Crippen LogP contribution in [-0.2, 0) is 17.6 Å². The van der Waals surface area contributed by atoms with Crippen LogP contribution in [0.1, 0.15) is 29.5 Å². The van der Waals surface area contributed by atoms with Crippen molar-refractivity contribution >= 4 is 40.7 Å². The highest BCUT2D eigenvalue weighted by Gasteiger charge is 2.22. The molecule has 1 amide bonds. The Morgan fingerprint density at radius 2 is 1.21 bits per heavy atom. The zero-order chi connectivity index (χ0) is 20.8.